The number of ether oxygens (including phenoxy) is 1. The normalized spacial score (nSPS) is 16.1. The van der Waals surface area contributed by atoms with E-state index in [-0.39, 0.29) is 11.6 Å². The summed E-state index contributed by atoms with van der Waals surface area (Å²) in [6.45, 7) is 6.13. The van der Waals surface area contributed by atoms with Crippen molar-refractivity contribution in [2.75, 3.05) is 27.2 Å². The van der Waals surface area contributed by atoms with Gasteiger partial charge in [-0.1, -0.05) is 6.07 Å². The lowest BCUT2D eigenvalue weighted by Gasteiger charge is -2.29. The van der Waals surface area contributed by atoms with Crippen molar-refractivity contribution in [2.45, 2.75) is 32.7 Å². The summed E-state index contributed by atoms with van der Waals surface area (Å²) in [5, 5.41) is 0.753. The molecule has 6 heteroatoms. The SMILES string of the molecule is COc1ccc(-c2c(C)sc3ncn(C4CCN(C)CC4)c(=O)c23)cc1C. The van der Waals surface area contributed by atoms with Gasteiger partial charge in [-0.3, -0.25) is 9.36 Å². The minimum Gasteiger partial charge on any atom is -0.496 e. The summed E-state index contributed by atoms with van der Waals surface area (Å²) in [6, 6.07) is 6.34. The van der Waals surface area contributed by atoms with Gasteiger partial charge in [0.1, 0.15) is 10.6 Å². The van der Waals surface area contributed by atoms with Gasteiger partial charge in [0.2, 0.25) is 0 Å². The number of hydrogen-bond acceptors (Lipinski definition) is 5. The Bertz CT molecular complexity index is 1050. The molecule has 2 aromatic heterocycles. The molecular formula is C21H25N3O2S. The molecule has 0 atom stereocenters. The van der Waals surface area contributed by atoms with Gasteiger partial charge in [-0.25, -0.2) is 4.98 Å². The maximum atomic E-state index is 13.4. The smallest absolute Gasteiger partial charge is 0.262 e. The highest BCUT2D eigenvalue weighted by atomic mass is 32.1. The average molecular weight is 384 g/mol. The Hall–Kier alpha value is -2.18. The molecule has 1 aliphatic rings. The molecule has 0 amide bonds. The number of aryl methyl sites for hydroxylation is 2. The van der Waals surface area contributed by atoms with Crippen molar-refractivity contribution in [3.05, 3.63) is 45.3 Å². The quantitative estimate of drug-likeness (QED) is 0.685. The van der Waals surface area contributed by atoms with E-state index in [4.69, 9.17) is 4.74 Å². The second-order valence-corrected chi connectivity index (χ2v) is 8.59. The number of likely N-dealkylation sites (tertiary alicyclic amines) is 1. The van der Waals surface area contributed by atoms with Gasteiger partial charge in [-0.2, -0.15) is 0 Å². The third kappa shape index (κ3) is 3.17. The maximum absolute atomic E-state index is 13.4. The van der Waals surface area contributed by atoms with E-state index in [9.17, 15) is 4.79 Å². The number of benzene rings is 1. The summed E-state index contributed by atoms with van der Waals surface area (Å²) in [7, 11) is 3.81. The van der Waals surface area contributed by atoms with Crippen LogP contribution in [0.2, 0.25) is 0 Å². The van der Waals surface area contributed by atoms with Crippen LogP contribution in [0.4, 0.5) is 0 Å². The summed E-state index contributed by atoms with van der Waals surface area (Å²) in [5.74, 6) is 0.859. The molecule has 0 N–H and O–H groups in total. The molecule has 0 bridgehead atoms. The first kappa shape index (κ1) is 18.2. The van der Waals surface area contributed by atoms with Crippen molar-refractivity contribution >= 4 is 21.6 Å². The predicted octanol–water partition coefficient (Wildman–Crippen LogP) is 4.02. The van der Waals surface area contributed by atoms with Crippen molar-refractivity contribution in [1.29, 1.82) is 0 Å². The van der Waals surface area contributed by atoms with Crippen molar-refractivity contribution in [2.24, 2.45) is 0 Å². The Morgan fingerprint density at radius 2 is 1.96 bits per heavy atom. The van der Waals surface area contributed by atoms with Gasteiger partial charge < -0.3 is 9.64 Å². The zero-order valence-electron chi connectivity index (χ0n) is 16.3. The van der Waals surface area contributed by atoms with Crippen LogP contribution in [0.25, 0.3) is 21.3 Å². The summed E-state index contributed by atoms with van der Waals surface area (Å²) >= 11 is 1.60. The zero-order valence-corrected chi connectivity index (χ0v) is 17.1. The minimum absolute atomic E-state index is 0.0855. The molecular weight excluding hydrogens is 358 g/mol. The molecule has 1 saturated heterocycles. The molecule has 3 aromatic rings. The molecule has 5 nitrogen and oxygen atoms in total. The average Bonchev–Trinajstić information content (AvgIpc) is 3.00. The summed E-state index contributed by atoms with van der Waals surface area (Å²) in [5.41, 5.74) is 3.22. The second-order valence-electron chi connectivity index (χ2n) is 7.39. The van der Waals surface area contributed by atoms with Gasteiger partial charge in [0, 0.05) is 16.5 Å². The van der Waals surface area contributed by atoms with Crippen LogP contribution >= 0.6 is 11.3 Å². The largest absolute Gasteiger partial charge is 0.496 e. The first-order valence-electron chi connectivity index (χ1n) is 9.33. The van der Waals surface area contributed by atoms with Crippen LogP contribution in [0.3, 0.4) is 0 Å². The highest BCUT2D eigenvalue weighted by Gasteiger charge is 2.23. The molecule has 3 heterocycles. The number of fused-ring (bicyclic) bond motifs is 1. The molecule has 0 saturated carbocycles. The summed E-state index contributed by atoms with van der Waals surface area (Å²) < 4.78 is 7.25. The van der Waals surface area contributed by atoms with Gasteiger partial charge in [0.15, 0.2) is 0 Å². The minimum atomic E-state index is 0.0855. The molecule has 0 spiro atoms. The molecule has 142 valence electrons. The lowest BCUT2D eigenvalue weighted by molar-refractivity contribution is 0.218. The molecule has 0 radical (unpaired) electrons. The van der Waals surface area contributed by atoms with E-state index >= 15 is 0 Å². The Morgan fingerprint density at radius 3 is 2.63 bits per heavy atom. The van der Waals surface area contributed by atoms with Gasteiger partial charge >= 0.3 is 0 Å². The third-order valence-electron chi connectivity index (χ3n) is 5.58. The second kappa shape index (κ2) is 7.09. The monoisotopic (exact) mass is 383 g/mol. The lowest BCUT2D eigenvalue weighted by atomic mass is 10.0. The van der Waals surface area contributed by atoms with Gasteiger partial charge in [-0.05, 0) is 70.1 Å². The van der Waals surface area contributed by atoms with Crippen molar-refractivity contribution < 1.29 is 4.74 Å². The fourth-order valence-electron chi connectivity index (χ4n) is 4.03. The van der Waals surface area contributed by atoms with Gasteiger partial charge in [-0.15, -0.1) is 11.3 Å². The van der Waals surface area contributed by atoms with Crippen molar-refractivity contribution in [3.8, 4) is 16.9 Å². The fourth-order valence-corrected chi connectivity index (χ4v) is 5.03. The molecule has 0 unspecified atom stereocenters. The van der Waals surface area contributed by atoms with Crippen LogP contribution in [-0.2, 0) is 0 Å². The highest BCUT2D eigenvalue weighted by Crippen LogP contribution is 2.37. The number of nitrogens with zero attached hydrogens (tertiary/aromatic N) is 3. The van der Waals surface area contributed by atoms with Crippen LogP contribution in [-0.4, -0.2) is 41.7 Å². The van der Waals surface area contributed by atoms with Crippen LogP contribution in [0.15, 0.2) is 29.3 Å². The first-order chi connectivity index (χ1) is 13.0. The molecule has 4 rings (SSSR count). The zero-order chi connectivity index (χ0) is 19.1. The van der Waals surface area contributed by atoms with E-state index < -0.39 is 0 Å². The van der Waals surface area contributed by atoms with Crippen LogP contribution < -0.4 is 10.3 Å². The number of methoxy groups -OCH3 is 1. The topological polar surface area (TPSA) is 47.4 Å². The highest BCUT2D eigenvalue weighted by molar-refractivity contribution is 7.19. The maximum Gasteiger partial charge on any atom is 0.262 e. The van der Waals surface area contributed by atoms with Crippen molar-refractivity contribution in [1.82, 2.24) is 14.5 Å². The number of hydrogen-bond donors (Lipinski definition) is 0. The van der Waals surface area contributed by atoms with Crippen LogP contribution in [0, 0.1) is 13.8 Å². The summed E-state index contributed by atoms with van der Waals surface area (Å²) in [6.07, 6.45) is 3.73. The number of thiophene rings is 1. The van der Waals surface area contributed by atoms with Crippen LogP contribution in [0.5, 0.6) is 5.75 Å². The van der Waals surface area contributed by atoms with E-state index in [2.05, 4.69) is 29.9 Å². The van der Waals surface area contributed by atoms with E-state index in [1.54, 1.807) is 24.8 Å². The van der Waals surface area contributed by atoms with E-state index in [1.807, 2.05) is 23.6 Å². The number of rotatable bonds is 3. The summed E-state index contributed by atoms with van der Waals surface area (Å²) in [4.78, 5) is 22.3. The Labute approximate surface area is 163 Å². The molecule has 0 aliphatic carbocycles. The fraction of sp³-hybridized carbons (Fsp3) is 0.429. The third-order valence-corrected chi connectivity index (χ3v) is 6.59. The molecule has 27 heavy (non-hydrogen) atoms. The van der Waals surface area contributed by atoms with Gasteiger partial charge in [0.05, 0.1) is 18.8 Å². The van der Waals surface area contributed by atoms with E-state index in [1.165, 1.54) is 0 Å². The van der Waals surface area contributed by atoms with E-state index in [0.717, 1.165) is 63.5 Å². The molecule has 1 aromatic carbocycles. The van der Waals surface area contributed by atoms with Gasteiger partial charge in [0.25, 0.3) is 5.56 Å². The first-order valence-corrected chi connectivity index (χ1v) is 10.1. The lowest BCUT2D eigenvalue weighted by Crippen LogP contribution is -2.35. The molecule has 1 aliphatic heterocycles. The standard InChI is InChI=1S/C21H25N3O2S/c1-13-11-15(5-6-17(13)26-4)18-14(2)27-20-19(18)21(25)24(12-22-20)16-7-9-23(3)10-8-16/h5-6,11-12,16H,7-10H2,1-4H3. The number of piperidine rings is 1. The number of aromatic nitrogens is 2. The van der Waals surface area contributed by atoms with Crippen LogP contribution in [0.1, 0.15) is 29.3 Å². The Balaban J connectivity index is 1.86. The predicted molar refractivity (Wildman–Crippen MR) is 111 cm³/mol. The Morgan fingerprint density at radius 1 is 1.22 bits per heavy atom. The van der Waals surface area contributed by atoms with Crippen molar-refractivity contribution in [3.63, 3.8) is 0 Å². The van der Waals surface area contributed by atoms with E-state index in [0.29, 0.717) is 0 Å². The molecule has 1 fully saturated rings. The Kier molecular flexibility index (Phi) is 4.78.